The third kappa shape index (κ3) is 3.24. The van der Waals surface area contributed by atoms with E-state index in [1.54, 1.807) is 6.07 Å². The van der Waals surface area contributed by atoms with Crippen molar-refractivity contribution in [2.24, 2.45) is 11.7 Å². The first-order valence-corrected chi connectivity index (χ1v) is 6.95. The first-order valence-electron chi connectivity index (χ1n) is 6.95. The molecule has 1 aromatic rings. The molecule has 1 saturated carbocycles. The Morgan fingerprint density at radius 3 is 2.89 bits per heavy atom. The first-order chi connectivity index (χ1) is 8.70. The van der Waals surface area contributed by atoms with Gasteiger partial charge < -0.3 is 16.2 Å². The van der Waals surface area contributed by atoms with Crippen LogP contribution in [0.2, 0.25) is 0 Å². The van der Waals surface area contributed by atoms with Gasteiger partial charge in [0.25, 0.3) is 0 Å². The van der Waals surface area contributed by atoms with Gasteiger partial charge in [0.05, 0.1) is 0 Å². The molecule has 0 bridgehead atoms. The number of hydrogen-bond acceptors (Lipinski definition) is 3. The fourth-order valence-electron chi connectivity index (χ4n) is 2.92. The van der Waals surface area contributed by atoms with Crippen LogP contribution in [0.15, 0.2) is 24.3 Å². The van der Waals surface area contributed by atoms with Gasteiger partial charge in [-0.1, -0.05) is 25.0 Å². The van der Waals surface area contributed by atoms with E-state index < -0.39 is 0 Å². The van der Waals surface area contributed by atoms with Crippen LogP contribution in [0.25, 0.3) is 0 Å². The molecule has 0 radical (unpaired) electrons. The zero-order valence-corrected chi connectivity index (χ0v) is 11.1. The van der Waals surface area contributed by atoms with Gasteiger partial charge in [0.2, 0.25) is 0 Å². The third-order valence-corrected chi connectivity index (χ3v) is 4.05. The number of rotatable bonds is 4. The van der Waals surface area contributed by atoms with Crippen LogP contribution in [-0.2, 0) is 0 Å². The minimum atomic E-state index is 0.259. The smallest absolute Gasteiger partial charge is 0.115 e. The highest BCUT2D eigenvalue weighted by molar-refractivity contribution is 5.29. The van der Waals surface area contributed by atoms with E-state index in [0.717, 1.165) is 12.1 Å². The average Bonchev–Trinajstić information content (AvgIpc) is 2.39. The molecule has 100 valence electrons. The van der Waals surface area contributed by atoms with E-state index in [4.69, 9.17) is 5.73 Å². The van der Waals surface area contributed by atoms with Crippen molar-refractivity contribution < 1.29 is 5.11 Å². The Balaban J connectivity index is 1.99. The van der Waals surface area contributed by atoms with Crippen LogP contribution in [0.3, 0.4) is 0 Å². The lowest BCUT2D eigenvalue weighted by molar-refractivity contribution is 0.252. The molecule has 2 rings (SSSR count). The van der Waals surface area contributed by atoms with Gasteiger partial charge in [-0.25, -0.2) is 0 Å². The number of phenols is 1. The largest absolute Gasteiger partial charge is 0.508 e. The molecule has 0 aromatic heterocycles. The number of nitrogens with one attached hydrogen (secondary N) is 1. The maximum Gasteiger partial charge on any atom is 0.115 e. The van der Waals surface area contributed by atoms with Crippen molar-refractivity contribution in [2.45, 2.75) is 44.7 Å². The highest BCUT2D eigenvalue weighted by Gasteiger charge is 2.25. The Hall–Kier alpha value is -1.06. The predicted octanol–water partition coefficient (Wildman–Crippen LogP) is 2.56. The summed E-state index contributed by atoms with van der Waals surface area (Å²) in [6.07, 6.45) is 5.05. The lowest BCUT2D eigenvalue weighted by atomic mass is 9.84. The second-order valence-electron chi connectivity index (χ2n) is 5.37. The quantitative estimate of drug-likeness (QED) is 0.767. The van der Waals surface area contributed by atoms with Gasteiger partial charge in [-0.3, -0.25) is 0 Å². The Morgan fingerprint density at radius 2 is 2.17 bits per heavy atom. The normalized spacial score (nSPS) is 25.9. The van der Waals surface area contributed by atoms with Gasteiger partial charge in [0.1, 0.15) is 5.75 Å². The fourth-order valence-corrected chi connectivity index (χ4v) is 2.92. The number of benzene rings is 1. The van der Waals surface area contributed by atoms with Crippen LogP contribution >= 0.6 is 0 Å². The summed E-state index contributed by atoms with van der Waals surface area (Å²) in [6.45, 7) is 2.92. The van der Waals surface area contributed by atoms with Gasteiger partial charge in [0.15, 0.2) is 0 Å². The van der Waals surface area contributed by atoms with E-state index in [0.29, 0.717) is 17.7 Å². The minimum absolute atomic E-state index is 0.259. The summed E-state index contributed by atoms with van der Waals surface area (Å²) in [5.74, 6) is 0.929. The highest BCUT2D eigenvalue weighted by atomic mass is 16.3. The fraction of sp³-hybridized carbons (Fsp3) is 0.600. The standard InChI is InChI=1S/C15H24N2O/c1-11(12-6-4-7-14(18)9-12)17-15-8-3-2-5-13(15)10-16/h4,6-7,9,11,13,15,17-18H,2-3,5,8,10,16H2,1H3. The van der Waals surface area contributed by atoms with Crippen LogP contribution in [0.1, 0.15) is 44.2 Å². The molecule has 0 saturated heterocycles. The van der Waals surface area contributed by atoms with E-state index in [-0.39, 0.29) is 6.04 Å². The molecule has 3 atom stereocenters. The summed E-state index contributed by atoms with van der Waals surface area (Å²) in [5, 5.41) is 13.2. The van der Waals surface area contributed by atoms with Crippen molar-refractivity contribution in [3.8, 4) is 5.75 Å². The zero-order valence-electron chi connectivity index (χ0n) is 11.1. The molecule has 3 nitrogen and oxygen atoms in total. The molecule has 1 aliphatic rings. The maximum atomic E-state index is 9.52. The zero-order chi connectivity index (χ0) is 13.0. The molecule has 3 heteroatoms. The van der Waals surface area contributed by atoms with Crippen LogP contribution in [-0.4, -0.2) is 17.7 Å². The minimum Gasteiger partial charge on any atom is -0.508 e. The van der Waals surface area contributed by atoms with Gasteiger partial charge in [0, 0.05) is 12.1 Å². The summed E-state index contributed by atoms with van der Waals surface area (Å²) in [7, 11) is 0. The van der Waals surface area contributed by atoms with Crippen molar-refractivity contribution in [1.82, 2.24) is 5.32 Å². The molecule has 1 aliphatic carbocycles. The molecule has 1 aromatic carbocycles. The molecule has 0 aliphatic heterocycles. The molecule has 1 fully saturated rings. The molecule has 0 spiro atoms. The topological polar surface area (TPSA) is 58.3 Å². The number of nitrogens with two attached hydrogens (primary N) is 1. The Bertz CT molecular complexity index is 381. The van der Waals surface area contributed by atoms with E-state index in [1.807, 2.05) is 12.1 Å². The summed E-state index contributed by atoms with van der Waals surface area (Å²) < 4.78 is 0. The number of hydrogen-bond donors (Lipinski definition) is 3. The van der Waals surface area contributed by atoms with Crippen molar-refractivity contribution in [3.05, 3.63) is 29.8 Å². The summed E-state index contributed by atoms with van der Waals surface area (Å²) in [4.78, 5) is 0. The molecular weight excluding hydrogens is 224 g/mol. The van der Waals surface area contributed by atoms with Crippen LogP contribution < -0.4 is 11.1 Å². The molecule has 4 N–H and O–H groups in total. The van der Waals surface area contributed by atoms with E-state index in [2.05, 4.69) is 18.3 Å². The Kier molecular flexibility index (Phi) is 4.61. The van der Waals surface area contributed by atoms with Gasteiger partial charge >= 0.3 is 0 Å². The van der Waals surface area contributed by atoms with E-state index in [9.17, 15) is 5.11 Å². The Labute approximate surface area is 109 Å². The number of aromatic hydroxyl groups is 1. The third-order valence-electron chi connectivity index (χ3n) is 4.05. The molecule has 0 heterocycles. The molecule has 18 heavy (non-hydrogen) atoms. The average molecular weight is 248 g/mol. The van der Waals surface area contributed by atoms with Gasteiger partial charge in [-0.2, -0.15) is 0 Å². The van der Waals surface area contributed by atoms with Crippen molar-refractivity contribution in [1.29, 1.82) is 0 Å². The summed E-state index contributed by atoms with van der Waals surface area (Å²) in [5.41, 5.74) is 6.99. The molecular formula is C15H24N2O. The lowest BCUT2D eigenvalue weighted by Crippen LogP contribution is -2.42. The number of phenolic OH excluding ortho intramolecular Hbond substituents is 1. The first kappa shape index (κ1) is 13.4. The van der Waals surface area contributed by atoms with Crippen molar-refractivity contribution in [3.63, 3.8) is 0 Å². The van der Waals surface area contributed by atoms with Crippen molar-refractivity contribution in [2.75, 3.05) is 6.54 Å². The van der Waals surface area contributed by atoms with Gasteiger partial charge in [-0.05, 0) is 49.9 Å². The van der Waals surface area contributed by atoms with Crippen molar-refractivity contribution >= 4 is 0 Å². The SMILES string of the molecule is CC(NC1CCCCC1CN)c1cccc(O)c1. The second-order valence-corrected chi connectivity index (χ2v) is 5.37. The predicted molar refractivity (Wildman–Crippen MR) is 74.5 cm³/mol. The maximum absolute atomic E-state index is 9.52. The monoisotopic (exact) mass is 248 g/mol. The summed E-state index contributed by atoms with van der Waals surface area (Å²) in [6, 6.07) is 8.26. The van der Waals surface area contributed by atoms with Crippen LogP contribution in [0.4, 0.5) is 0 Å². The highest BCUT2D eigenvalue weighted by Crippen LogP contribution is 2.26. The van der Waals surface area contributed by atoms with Gasteiger partial charge in [-0.15, -0.1) is 0 Å². The van der Waals surface area contributed by atoms with Crippen LogP contribution in [0, 0.1) is 5.92 Å². The Morgan fingerprint density at radius 1 is 1.39 bits per heavy atom. The summed E-state index contributed by atoms with van der Waals surface area (Å²) >= 11 is 0. The molecule has 0 amide bonds. The van der Waals surface area contributed by atoms with E-state index >= 15 is 0 Å². The molecule has 3 unspecified atom stereocenters. The lowest BCUT2D eigenvalue weighted by Gasteiger charge is -2.33. The van der Waals surface area contributed by atoms with Crippen LogP contribution in [0.5, 0.6) is 5.75 Å². The second kappa shape index (κ2) is 6.21. The van der Waals surface area contributed by atoms with E-state index in [1.165, 1.54) is 25.7 Å².